The van der Waals surface area contributed by atoms with Crippen LogP contribution in [0.2, 0.25) is 5.02 Å². The Morgan fingerprint density at radius 2 is 1.94 bits per heavy atom. The van der Waals surface area contributed by atoms with Gasteiger partial charge in [-0.3, -0.25) is 0 Å². The summed E-state index contributed by atoms with van der Waals surface area (Å²) in [5.74, 6) is -0.333. The molecule has 0 saturated heterocycles. The summed E-state index contributed by atoms with van der Waals surface area (Å²) >= 11 is 20.1. The van der Waals surface area contributed by atoms with E-state index in [1.54, 1.807) is 18.2 Å². The van der Waals surface area contributed by atoms with Crippen LogP contribution in [0.25, 0.3) is 0 Å². The first kappa shape index (κ1) is 13.8. The molecule has 1 unspecified atom stereocenters. The summed E-state index contributed by atoms with van der Waals surface area (Å²) in [5, 5.41) is 0.0602. The van der Waals surface area contributed by atoms with Gasteiger partial charge in [-0.2, -0.15) is 0 Å². The Labute approximate surface area is 129 Å². The second-order valence-electron chi connectivity index (χ2n) is 3.30. The van der Waals surface area contributed by atoms with Gasteiger partial charge in [-0.1, -0.05) is 33.6 Å². The van der Waals surface area contributed by atoms with Crippen LogP contribution in [-0.4, -0.2) is 0 Å². The van der Waals surface area contributed by atoms with E-state index >= 15 is 0 Å². The van der Waals surface area contributed by atoms with Gasteiger partial charge >= 0.3 is 0 Å². The third-order valence-corrected chi connectivity index (χ3v) is 5.78. The van der Waals surface area contributed by atoms with Crippen LogP contribution in [0.4, 0.5) is 4.39 Å². The van der Waals surface area contributed by atoms with Gasteiger partial charge in [0.1, 0.15) is 5.82 Å². The van der Waals surface area contributed by atoms with Crippen molar-refractivity contribution in [3.05, 3.63) is 53.8 Å². The van der Waals surface area contributed by atoms with Gasteiger partial charge in [0.05, 0.1) is 14.2 Å². The predicted molar refractivity (Wildman–Crippen MR) is 78.8 cm³/mol. The molecule has 0 aliphatic carbocycles. The zero-order valence-corrected chi connectivity index (χ0v) is 13.7. The molecule has 6 heteroatoms. The topological polar surface area (TPSA) is 0 Å². The lowest BCUT2D eigenvalue weighted by Gasteiger charge is -2.09. The van der Waals surface area contributed by atoms with E-state index in [1.807, 2.05) is 0 Å². The van der Waals surface area contributed by atoms with Gasteiger partial charge in [0, 0.05) is 14.9 Å². The van der Waals surface area contributed by atoms with E-state index in [0.29, 0.717) is 15.1 Å². The lowest BCUT2D eigenvalue weighted by molar-refractivity contribution is 0.612. The molecular weight excluding hydrogens is 414 g/mol. The van der Waals surface area contributed by atoms with Gasteiger partial charge in [-0.05, 0) is 34.1 Å². The van der Waals surface area contributed by atoms with E-state index in [2.05, 4.69) is 31.9 Å². The SMILES string of the molecule is Fc1cc(Br)ccc1C(Cl)c1cc(Cl)c(Br)s1. The van der Waals surface area contributed by atoms with Crippen molar-refractivity contribution in [3.63, 3.8) is 0 Å². The molecule has 0 aliphatic heterocycles. The summed E-state index contributed by atoms with van der Waals surface area (Å²) in [6, 6.07) is 6.57. The molecule has 1 aromatic heterocycles. The second kappa shape index (κ2) is 5.57. The predicted octanol–water partition coefficient (Wildman–Crippen LogP) is 6.39. The fraction of sp³-hybridized carbons (Fsp3) is 0.0909. The van der Waals surface area contributed by atoms with Crippen molar-refractivity contribution in [2.24, 2.45) is 0 Å². The summed E-state index contributed by atoms with van der Waals surface area (Å²) in [6.07, 6.45) is 0. The van der Waals surface area contributed by atoms with Crippen LogP contribution < -0.4 is 0 Å². The number of thiophene rings is 1. The molecule has 0 fully saturated rings. The molecule has 1 atom stereocenters. The minimum atomic E-state index is -0.531. The molecule has 1 aromatic carbocycles. The molecular formula is C11H5Br2Cl2FS. The second-order valence-corrected chi connectivity index (χ2v) is 7.46. The van der Waals surface area contributed by atoms with Crippen LogP contribution in [0.1, 0.15) is 15.8 Å². The number of benzene rings is 1. The van der Waals surface area contributed by atoms with Gasteiger partial charge in [0.25, 0.3) is 0 Å². The number of alkyl halides is 1. The molecule has 1 heterocycles. The number of rotatable bonds is 2. The van der Waals surface area contributed by atoms with E-state index in [1.165, 1.54) is 17.4 Å². The third-order valence-electron chi connectivity index (χ3n) is 2.15. The van der Waals surface area contributed by atoms with Gasteiger partial charge in [-0.25, -0.2) is 4.39 Å². The Bertz CT molecular complexity index is 537. The van der Waals surface area contributed by atoms with Crippen molar-refractivity contribution in [3.8, 4) is 0 Å². The van der Waals surface area contributed by atoms with E-state index in [-0.39, 0.29) is 5.82 Å². The van der Waals surface area contributed by atoms with Crippen molar-refractivity contribution >= 4 is 66.4 Å². The van der Waals surface area contributed by atoms with E-state index < -0.39 is 5.38 Å². The summed E-state index contributed by atoms with van der Waals surface area (Å²) in [5.41, 5.74) is 0.445. The number of halogens is 5. The summed E-state index contributed by atoms with van der Waals surface area (Å²) in [7, 11) is 0. The van der Waals surface area contributed by atoms with Crippen molar-refractivity contribution in [1.29, 1.82) is 0 Å². The molecule has 0 spiro atoms. The lowest BCUT2D eigenvalue weighted by atomic mass is 10.1. The molecule has 2 rings (SSSR count). The van der Waals surface area contributed by atoms with E-state index in [0.717, 1.165) is 8.66 Å². The highest BCUT2D eigenvalue weighted by molar-refractivity contribution is 9.11. The molecule has 0 aliphatic rings. The Balaban J connectivity index is 2.39. The zero-order valence-electron chi connectivity index (χ0n) is 8.18. The van der Waals surface area contributed by atoms with Crippen LogP contribution in [0.5, 0.6) is 0 Å². The first-order valence-electron chi connectivity index (χ1n) is 4.53. The number of hydrogen-bond acceptors (Lipinski definition) is 1. The molecule has 0 bridgehead atoms. The van der Waals surface area contributed by atoms with Gasteiger partial charge in [0.2, 0.25) is 0 Å². The van der Waals surface area contributed by atoms with Crippen molar-refractivity contribution in [2.75, 3.05) is 0 Å². The maximum atomic E-state index is 13.7. The maximum Gasteiger partial charge on any atom is 0.129 e. The van der Waals surface area contributed by atoms with Crippen LogP contribution in [0.15, 0.2) is 32.5 Å². The quantitative estimate of drug-likeness (QED) is 0.495. The normalized spacial score (nSPS) is 12.8. The van der Waals surface area contributed by atoms with E-state index in [9.17, 15) is 4.39 Å². The first-order chi connectivity index (χ1) is 7.99. The standard InChI is InChI=1S/C11H5Br2Cl2FS/c12-5-1-2-6(8(16)3-5)10(15)9-4-7(14)11(13)17-9/h1-4,10H. The monoisotopic (exact) mass is 416 g/mol. The van der Waals surface area contributed by atoms with Gasteiger partial charge < -0.3 is 0 Å². The highest BCUT2D eigenvalue weighted by Gasteiger charge is 2.18. The molecule has 0 amide bonds. The van der Waals surface area contributed by atoms with Crippen LogP contribution in [0.3, 0.4) is 0 Å². The van der Waals surface area contributed by atoms with E-state index in [4.69, 9.17) is 23.2 Å². The zero-order chi connectivity index (χ0) is 12.6. The first-order valence-corrected chi connectivity index (χ1v) is 7.74. The highest BCUT2D eigenvalue weighted by atomic mass is 79.9. The Hall–Kier alpha value is 0.390. The molecule has 0 radical (unpaired) electrons. The fourth-order valence-corrected chi connectivity index (χ4v) is 3.80. The van der Waals surface area contributed by atoms with Crippen LogP contribution in [0, 0.1) is 5.82 Å². The van der Waals surface area contributed by atoms with Gasteiger partial charge in [-0.15, -0.1) is 22.9 Å². The molecule has 2 aromatic rings. The minimum Gasteiger partial charge on any atom is -0.207 e. The fourth-order valence-electron chi connectivity index (χ4n) is 1.35. The van der Waals surface area contributed by atoms with Crippen LogP contribution >= 0.6 is 66.4 Å². The van der Waals surface area contributed by atoms with Crippen LogP contribution in [-0.2, 0) is 0 Å². The molecule has 0 N–H and O–H groups in total. The maximum absolute atomic E-state index is 13.7. The average Bonchev–Trinajstić information content (AvgIpc) is 2.58. The third kappa shape index (κ3) is 3.04. The average molecular weight is 419 g/mol. The molecule has 0 saturated carbocycles. The smallest absolute Gasteiger partial charge is 0.129 e. The van der Waals surface area contributed by atoms with Gasteiger partial charge in [0.15, 0.2) is 0 Å². The largest absolute Gasteiger partial charge is 0.207 e. The minimum absolute atomic E-state index is 0.333. The molecule has 0 nitrogen and oxygen atoms in total. The lowest BCUT2D eigenvalue weighted by Crippen LogP contribution is -1.94. The Morgan fingerprint density at radius 1 is 1.24 bits per heavy atom. The summed E-state index contributed by atoms with van der Waals surface area (Å²) < 4.78 is 15.2. The Kier molecular flexibility index (Phi) is 4.53. The van der Waals surface area contributed by atoms with Crippen molar-refractivity contribution in [1.82, 2.24) is 0 Å². The van der Waals surface area contributed by atoms with Crippen molar-refractivity contribution in [2.45, 2.75) is 5.38 Å². The Morgan fingerprint density at radius 3 is 2.47 bits per heavy atom. The molecule has 90 valence electrons. The number of hydrogen-bond donors (Lipinski definition) is 0. The summed E-state index contributed by atoms with van der Waals surface area (Å²) in [6.45, 7) is 0. The highest BCUT2D eigenvalue weighted by Crippen LogP contribution is 2.41. The van der Waals surface area contributed by atoms with Crippen molar-refractivity contribution < 1.29 is 4.39 Å². The molecule has 17 heavy (non-hydrogen) atoms. The summed E-state index contributed by atoms with van der Waals surface area (Å²) in [4.78, 5) is 0.810.